The summed E-state index contributed by atoms with van der Waals surface area (Å²) in [6.45, 7) is 2.89. The van der Waals surface area contributed by atoms with Crippen molar-refractivity contribution in [1.82, 2.24) is 25.8 Å². The highest BCUT2D eigenvalue weighted by molar-refractivity contribution is 6.06. The summed E-state index contributed by atoms with van der Waals surface area (Å²) in [5.41, 5.74) is 8.51. The van der Waals surface area contributed by atoms with Gasteiger partial charge in [-0.15, -0.1) is 6.42 Å². The number of nitrogens with one attached hydrogen (secondary N) is 2. The van der Waals surface area contributed by atoms with E-state index in [1.165, 1.54) is 11.1 Å². The number of hydrazine groups is 1. The maximum atomic E-state index is 13.9. The summed E-state index contributed by atoms with van der Waals surface area (Å²) >= 11 is 0. The van der Waals surface area contributed by atoms with Crippen molar-refractivity contribution in [3.8, 4) is 18.2 Å². The van der Waals surface area contributed by atoms with Crippen LogP contribution in [0, 0.1) is 12.3 Å². The Hall–Kier alpha value is -4.54. The van der Waals surface area contributed by atoms with Crippen LogP contribution in [-0.2, 0) is 4.79 Å². The van der Waals surface area contributed by atoms with Gasteiger partial charge in [-0.05, 0) is 31.5 Å². The quantitative estimate of drug-likeness (QED) is 0.229. The molecule has 3 aromatic heterocycles. The molecular weight excluding hydrogens is 548 g/mol. The molecule has 3 atom stereocenters. The molecule has 0 saturated carbocycles. The predicted molar refractivity (Wildman–Crippen MR) is 149 cm³/mol. The van der Waals surface area contributed by atoms with Gasteiger partial charge in [0.1, 0.15) is 28.9 Å². The Labute approximate surface area is 238 Å². The highest BCUT2D eigenvalue weighted by atomic mass is 19.3. The number of aromatic nitrogens is 3. The fourth-order valence-corrected chi connectivity index (χ4v) is 6.13. The molecule has 216 valence electrons. The van der Waals surface area contributed by atoms with Gasteiger partial charge in [0.05, 0.1) is 12.2 Å². The molecule has 13 heteroatoms. The van der Waals surface area contributed by atoms with E-state index in [0.29, 0.717) is 22.4 Å². The fraction of sp³-hybridized carbons (Fsp3) is 0.379. The third kappa shape index (κ3) is 4.43. The number of aliphatic carboxylic acids is 1. The van der Waals surface area contributed by atoms with Crippen molar-refractivity contribution in [2.45, 2.75) is 56.5 Å². The number of fused-ring (bicyclic) bond motifs is 3. The Morgan fingerprint density at radius 1 is 1.29 bits per heavy atom. The Morgan fingerprint density at radius 2 is 2.10 bits per heavy atom. The van der Waals surface area contributed by atoms with Crippen molar-refractivity contribution in [3.05, 3.63) is 47.9 Å². The molecule has 11 nitrogen and oxygen atoms in total. The Balaban J connectivity index is 1.24. The number of halogens is 2. The SMILES string of the molecule is C#Cc1cnc(O[C@H]2C[C@@H](C(=O)O)N(c3nc(C(F)F)nc4c3oc3ccccc34)C2)c(N2CCC3(C[C@@H]2C)NN3)c1. The standard InChI is InChI=1S/C29H27F2N7O4/c1-3-16-10-19(37-9-8-29(35-36-29)12-15(37)2)27(32-13-16)41-17-11-20(28(39)40)38(14-17)26-23-22(33-25(34-26)24(30)31)18-6-4-5-7-21(18)42-23/h1,4-7,10,13,15,17,20,24,35-36H,8-9,11-12,14H2,2H3,(H,39,40)/t15-,17-,20-/m0/s1. The van der Waals surface area contributed by atoms with Gasteiger partial charge in [0.25, 0.3) is 6.43 Å². The minimum Gasteiger partial charge on any atom is -0.480 e. The first-order valence-corrected chi connectivity index (χ1v) is 13.7. The number of para-hydroxylation sites is 1. The molecule has 7 rings (SSSR count). The lowest BCUT2D eigenvalue weighted by Crippen LogP contribution is -2.46. The first kappa shape index (κ1) is 26.4. The fourth-order valence-electron chi connectivity index (χ4n) is 6.13. The van der Waals surface area contributed by atoms with Crippen LogP contribution in [0.2, 0.25) is 0 Å². The molecule has 42 heavy (non-hydrogen) atoms. The van der Waals surface area contributed by atoms with E-state index in [0.717, 1.165) is 25.1 Å². The van der Waals surface area contributed by atoms with Gasteiger partial charge < -0.3 is 24.1 Å². The molecule has 0 radical (unpaired) electrons. The van der Waals surface area contributed by atoms with Crippen LogP contribution in [0.1, 0.15) is 44.0 Å². The second-order valence-corrected chi connectivity index (χ2v) is 11.0. The van der Waals surface area contributed by atoms with E-state index in [1.54, 1.807) is 24.3 Å². The Kier molecular flexibility index (Phi) is 6.14. The average Bonchev–Trinajstić information content (AvgIpc) is 3.41. The van der Waals surface area contributed by atoms with Gasteiger partial charge in [0.2, 0.25) is 5.88 Å². The third-order valence-corrected chi connectivity index (χ3v) is 8.25. The lowest BCUT2D eigenvalue weighted by molar-refractivity contribution is -0.138. The van der Waals surface area contributed by atoms with Crippen LogP contribution < -0.4 is 25.4 Å². The van der Waals surface area contributed by atoms with E-state index in [1.807, 2.05) is 6.07 Å². The van der Waals surface area contributed by atoms with E-state index in [-0.39, 0.29) is 41.6 Å². The maximum absolute atomic E-state index is 13.9. The summed E-state index contributed by atoms with van der Waals surface area (Å²) in [7, 11) is 0. The monoisotopic (exact) mass is 575 g/mol. The van der Waals surface area contributed by atoms with Gasteiger partial charge >= 0.3 is 5.97 Å². The number of hydrogen-bond donors (Lipinski definition) is 3. The van der Waals surface area contributed by atoms with Gasteiger partial charge in [0, 0.05) is 42.6 Å². The molecular formula is C29H27F2N7O4. The molecule has 0 aliphatic carbocycles. The van der Waals surface area contributed by atoms with Crippen molar-refractivity contribution >= 4 is 39.5 Å². The maximum Gasteiger partial charge on any atom is 0.326 e. The number of hydrogen-bond acceptors (Lipinski definition) is 10. The molecule has 1 spiro atoms. The zero-order valence-corrected chi connectivity index (χ0v) is 22.6. The molecule has 3 saturated heterocycles. The lowest BCUT2D eigenvalue weighted by Gasteiger charge is -2.38. The van der Waals surface area contributed by atoms with Crippen molar-refractivity contribution in [3.63, 3.8) is 0 Å². The smallest absolute Gasteiger partial charge is 0.326 e. The highest BCUT2D eigenvalue weighted by Crippen LogP contribution is 2.40. The normalized spacial score (nSPS) is 23.2. The van der Waals surface area contributed by atoms with Crippen molar-refractivity contribution in [1.29, 1.82) is 0 Å². The number of piperidine rings is 1. The molecule has 6 heterocycles. The molecule has 1 aromatic carbocycles. The van der Waals surface area contributed by atoms with Gasteiger partial charge in [-0.3, -0.25) is 0 Å². The van der Waals surface area contributed by atoms with Crippen LogP contribution in [0.3, 0.4) is 0 Å². The van der Waals surface area contributed by atoms with Gasteiger partial charge in [-0.25, -0.2) is 39.4 Å². The Bertz CT molecular complexity index is 1750. The van der Waals surface area contributed by atoms with E-state index in [4.69, 9.17) is 15.6 Å². The predicted octanol–water partition coefficient (Wildman–Crippen LogP) is 3.59. The van der Waals surface area contributed by atoms with Gasteiger partial charge in [0.15, 0.2) is 17.2 Å². The van der Waals surface area contributed by atoms with Crippen LogP contribution >= 0.6 is 0 Å². The molecule has 0 amide bonds. The summed E-state index contributed by atoms with van der Waals surface area (Å²) in [5, 5.41) is 10.7. The second-order valence-electron chi connectivity index (χ2n) is 11.0. The minimum atomic E-state index is -2.96. The molecule has 3 aliphatic rings. The van der Waals surface area contributed by atoms with E-state index in [2.05, 4.69) is 43.5 Å². The lowest BCUT2D eigenvalue weighted by atomic mass is 9.95. The first-order valence-electron chi connectivity index (χ1n) is 13.7. The Morgan fingerprint density at radius 3 is 2.81 bits per heavy atom. The second kappa shape index (κ2) is 9.78. The molecule has 3 fully saturated rings. The van der Waals surface area contributed by atoms with Crippen LogP contribution in [-0.4, -0.2) is 63.0 Å². The summed E-state index contributed by atoms with van der Waals surface area (Å²) in [6, 6.07) is 7.79. The number of anilines is 2. The number of carboxylic acids is 1. The zero-order valence-electron chi connectivity index (χ0n) is 22.6. The number of nitrogens with zero attached hydrogens (tertiary/aromatic N) is 5. The molecule has 4 aromatic rings. The number of benzene rings is 1. The van der Waals surface area contributed by atoms with Crippen LogP contribution in [0.4, 0.5) is 20.3 Å². The van der Waals surface area contributed by atoms with E-state index < -0.39 is 30.4 Å². The van der Waals surface area contributed by atoms with Crippen LogP contribution in [0.5, 0.6) is 5.88 Å². The van der Waals surface area contributed by atoms with Gasteiger partial charge in [-0.2, -0.15) is 0 Å². The highest BCUT2D eigenvalue weighted by Gasteiger charge is 2.47. The number of terminal acetylenes is 1. The van der Waals surface area contributed by atoms with Gasteiger partial charge in [-0.1, -0.05) is 18.1 Å². The summed E-state index contributed by atoms with van der Waals surface area (Å²) in [6.07, 6.45) is 5.40. The van der Waals surface area contributed by atoms with Crippen molar-refractivity contribution in [2.24, 2.45) is 0 Å². The zero-order chi connectivity index (χ0) is 29.2. The summed E-state index contributed by atoms with van der Waals surface area (Å²) in [4.78, 5) is 28.7. The molecule has 3 aliphatic heterocycles. The molecule has 0 bridgehead atoms. The number of pyridine rings is 1. The largest absolute Gasteiger partial charge is 0.480 e. The number of alkyl halides is 2. The van der Waals surface area contributed by atoms with Crippen molar-refractivity contribution < 1.29 is 27.8 Å². The number of rotatable bonds is 6. The topological polar surface area (TPSA) is 149 Å². The van der Waals surface area contributed by atoms with E-state index in [9.17, 15) is 18.7 Å². The third-order valence-electron chi connectivity index (χ3n) is 8.25. The van der Waals surface area contributed by atoms with Crippen LogP contribution in [0.15, 0.2) is 40.9 Å². The molecule has 3 N–H and O–H groups in total. The minimum absolute atomic E-state index is 0.0137. The number of ether oxygens (including phenoxy) is 1. The summed E-state index contributed by atoms with van der Waals surface area (Å²) in [5.74, 6) is 1.09. The number of carboxylic acid groups (broad SMARTS) is 1. The van der Waals surface area contributed by atoms with Crippen molar-refractivity contribution in [2.75, 3.05) is 22.9 Å². The number of furan rings is 1. The summed E-state index contributed by atoms with van der Waals surface area (Å²) < 4.78 is 40.2. The average molecular weight is 576 g/mol. The van der Waals surface area contributed by atoms with E-state index >= 15 is 0 Å². The first-order chi connectivity index (χ1) is 20.2. The number of carbonyl (C=O) groups is 1. The van der Waals surface area contributed by atoms with Crippen LogP contribution in [0.25, 0.3) is 22.1 Å². The molecule has 0 unspecified atom stereocenters.